The second-order valence-electron chi connectivity index (χ2n) is 2.87. The van der Waals surface area contributed by atoms with E-state index >= 15 is 0 Å². The Kier molecular flexibility index (Phi) is 1.11. The zero-order valence-electron chi connectivity index (χ0n) is 6.26. The normalized spacial score (nSPS) is 18.4. The largest absolute Gasteiger partial charge is 0.354 e. The number of rotatable bonds is 0. The van der Waals surface area contributed by atoms with Crippen LogP contribution in [0.1, 0.15) is 6.92 Å². The first-order valence-electron chi connectivity index (χ1n) is 3.55. The van der Waals surface area contributed by atoms with E-state index in [0.717, 1.165) is 11.4 Å². The molecule has 0 saturated carbocycles. The average Bonchev–Trinajstić information content (AvgIpc) is 2.21. The fourth-order valence-electron chi connectivity index (χ4n) is 1.26. The van der Waals surface area contributed by atoms with Crippen LogP contribution in [-0.4, -0.2) is 11.0 Å². The molecule has 0 amide bonds. The van der Waals surface area contributed by atoms with Gasteiger partial charge in [-0.1, -0.05) is 12.1 Å². The quantitative estimate of drug-likeness (QED) is 0.520. The highest BCUT2D eigenvalue weighted by Gasteiger charge is 2.27. The van der Waals surface area contributed by atoms with E-state index in [9.17, 15) is 5.11 Å². The predicted molar refractivity (Wildman–Crippen MR) is 44.3 cm³/mol. The van der Waals surface area contributed by atoms with Crippen molar-refractivity contribution in [3.8, 4) is 0 Å². The number of aliphatic hydroxyl groups is 1. The Bertz CT molecular complexity index is 256. The molecule has 0 atom stereocenters. The third-order valence-corrected chi connectivity index (χ3v) is 1.68. The minimum absolute atomic E-state index is 0.942. The molecule has 1 aliphatic heterocycles. The number of hydrogen-bond donors (Lipinski definition) is 3. The van der Waals surface area contributed by atoms with Gasteiger partial charge in [-0.2, -0.15) is 0 Å². The molecule has 3 heteroatoms. The summed E-state index contributed by atoms with van der Waals surface area (Å²) < 4.78 is 0. The van der Waals surface area contributed by atoms with Gasteiger partial charge < -0.3 is 15.7 Å². The smallest absolute Gasteiger partial charge is 0.211 e. The van der Waals surface area contributed by atoms with Crippen LogP contribution in [0.15, 0.2) is 24.3 Å². The van der Waals surface area contributed by atoms with Crippen molar-refractivity contribution in [1.82, 2.24) is 0 Å². The number of anilines is 2. The van der Waals surface area contributed by atoms with Gasteiger partial charge in [-0.15, -0.1) is 0 Å². The highest BCUT2D eigenvalue weighted by molar-refractivity contribution is 5.74. The molecule has 1 heterocycles. The minimum Gasteiger partial charge on any atom is -0.354 e. The van der Waals surface area contributed by atoms with Crippen molar-refractivity contribution in [1.29, 1.82) is 0 Å². The Morgan fingerprint density at radius 1 is 1.18 bits per heavy atom. The highest BCUT2D eigenvalue weighted by Crippen LogP contribution is 2.31. The molecule has 0 aromatic heterocycles. The van der Waals surface area contributed by atoms with Crippen molar-refractivity contribution in [2.24, 2.45) is 0 Å². The summed E-state index contributed by atoms with van der Waals surface area (Å²) in [7, 11) is 0. The van der Waals surface area contributed by atoms with E-state index in [-0.39, 0.29) is 0 Å². The molecule has 1 aromatic carbocycles. The molecule has 0 spiro atoms. The van der Waals surface area contributed by atoms with E-state index in [1.807, 2.05) is 24.3 Å². The number of fused-ring (bicyclic) bond motifs is 1. The summed E-state index contributed by atoms with van der Waals surface area (Å²) in [6.07, 6.45) is 0. The molecule has 0 bridgehead atoms. The monoisotopic (exact) mass is 150 g/mol. The van der Waals surface area contributed by atoms with Gasteiger partial charge >= 0.3 is 0 Å². The van der Waals surface area contributed by atoms with Crippen LogP contribution in [-0.2, 0) is 0 Å². The van der Waals surface area contributed by atoms with E-state index in [0.29, 0.717) is 0 Å². The second-order valence-corrected chi connectivity index (χ2v) is 2.87. The van der Waals surface area contributed by atoms with Crippen molar-refractivity contribution >= 4 is 11.4 Å². The maximum atomic E-state index is 9.49. The fraction of sp³-hybridized carbons (Fsp3) is 0.250. The van der Waals surface area contributed by atoms with Crippen LogP contribution in [0.4, 0.5) is 11.4 Å². The summed E-state index contributed by atoms with van der Waals surface area (Å²) in [5, 5.41) is 15.3. The number of benzene rings is 1. The lowest BCUT2D eigenvalue weighted by molar-refractivity contribution is 0.126. The van der Waals surface area contributed by atoms with E-state index in [1.54, 1.807) is 6.92 Å². The van der Waals surface area contributed by atoms with Crippen molar-refractivity contribution in [3.63, 3.8) is 0 Å². The van der Waals surface area contributed by atoms with Crippen LogP contribution >= 0.6 is 0 Å². The highest BCUT2D eigenvalue weighted by atomic mass is 16.3. The maximum absolute atomic E-state index is 9.49. The van der Waals surface area contributed by atoms with Crippen LogP contribution in [0, 0.1) is 0 Å². The van der Waals surface area contributed by atoms with E-state index in [2.05, 4.69) is 10.6 Å². The molecule has 1 aliphatic rings. The van der Waals surface area contributed by atoms with Gasteiger partial charge in [-0.05, 0) is 12.1 Å². The van der Waals surface area contributed by atoms with E-state index in [4.69, 9.17) is 0 Å². The van der Waals surface area contributed by atoms with Crippen LogP contribution < -0.4 is 10.6 Å². The van der Waals surface area contributed by atoms with Crippen molar-refractivity contribution in [3.05, 3.63) is 24.3 Å². The molecule has 58 valence electrons. The van der Waals surface area contributed by atoms with Gasteiger partial charge in [0.2, 0.25) is 5.85 Å². The Morgan fingerprint density at radius 3 is 2.09 bits per heavy atom. The molecule has 0 saturated heterocycles. The second kappa shape index (κ2) is 1.89. The SMILES string of the molecule is CC1(O)Nc2ccccc2N1. The minimum atomic E-state index is -0.996. The molecule has 2 rings (SSSR count). The van der Waals surface area contributed by atoms with Gasteiger partial charge in [0, 0.05) is 6.92 Å². The Morgan fingerprint density at radius 2 is 1.64 bits per heavy atom. The Labute approximate surface area is 65.0 Å². The zero-order chi connectivity index (χ0) is 7.90. The Hall–Kier alpha value is -1.22. The molecule has 3 nitrogen and oxygen atoms in total. The molecular weight excluding hydrogens is 140 g/mol. The van der Waals surface area contributed by atoms with Gasteiger partial charge in [0.15, 0.2) is 0 Å². The van der Waals surface area contributed by atoms with Crippen LogP contribution in [0.25, 0.3) is 0 Å². The molecule has 3 N–H and O–H groups in total. The van der Waals surface area contributed by atoms with Crippen molar-refractivity contribution < 1.29 is 5.11 Å². The Balaban J connectivity index is 2.41. The topological polar surface area (TPSA) is 44.3 Å². The lowest BCUT2D eigenvalue weighted by Crippen LogP contribution is -2.37. The summed E-state index contributed by atoms with van der Waals surface area (Å²) in [5.41, 5.74) is 1.88. The van der Waals surface area contributed by atoms with Crippen LogP contribution in [0.5, 0.6) is 0 Å². The summed E-state index contributed by atoms with van der Waals surface area (Å²) in [5.74, 6) is -0.996. The van der Waals surface area contributed by atoms with Crippen LogP contribution in [0.3, 0.4) is 0 Å². The number of para-hydroxylation sites is 2. The van der Waals surface area contributed by atoms with E-state index in [1.165, 1.54) is 0 Å². The molecule has 0 fully saturated rings. The predicted octanol–water partition coefficient (Wildman–Crippen LogP) is 1.19. The first kappa shape index (κ1) is 6.49. The number of nitrogens with one attached hydrogen (secondary N) is 2. The first-order valence-corrected chi connectivity index (χ1v) is 3.55. The van der Waals surface area contributed by atoms with Crippen molar-refractivity contribution in [2.75, 3.05) is 10.6 Å². The van der Waals surface area contributed by atoms with Gasteiger partial charge in [-0.25, -0.2) is 0 Å². The van der Waals surface area contributed by atoms with Gasteiger partial charge in [0.25, 0.3) is 0 Å². The molecule has 11 heavy (non-hydrogen) atoms. The maximum Gasteiger partial charge on any atom is 0.211 e. The van der Waals surface area contributed by atoms with Crippen molar-refractivity contribution in [2.45, 2.75) is 12.8 Å². The standard InChI is InChI=1S/C8H10N2O/c1-8(11)9-6-4-2-3-5-7(6)10-8/h2-5,9-11H,1H3. The fourth-order valence-corrected chi connectivity index (χ4v) is 1.26. The van der Waals surface area contributed by atoms with Gasteiger partial charge in [0.05, 0.1) is 11.4 Å². The van der Waals surface area contributed by atoms with E-state index < -0.39 is 5.85 Å². The average molecular weight is 150 g/mol. The molecule has 0 radical (unpaired) electrons. The lowest BCUT2D eigenvalue weighted by atomic mass is 10.3. The third kappa shape index (κ3) is 1.03. The third-order valence-electron chi connectivity index (χ3n) is 1.68. The molecule has 0 aliphatic carbocycles. The van der Waals surface area contributed by atoms with Gasteiger partial charge in [-0.3, -0.25) is 0 Å². The zero-order valence-corrected chi connectivity index (χ0v) is 6.26. The summed E-state index contributed by atoms with van der Waals surface area (Å²) in [6, 6.07) is 7.69. The summed E-state index contributed by atoms with van der Waals surface area (Å²) in [6.45, 7) is 1.67. The molecular formula is C8H10N2O. The summed E-state index contributed by atoms with van der Waals surface area (Å²) in [4.78, 5) is 0. The molecule has 1 aromatic rings. The van der Waals surface area contributed by atoms with Crippen LogP contribution in [0.2, 0.25) is 0 Å². The number of hydrogen-bond acceptors (Lipinski definition) is 3. The summed E-state index contributed by atoms with van der Waals surface area (Å²) >= 11 is 0. The van der Waals surface area contributed by atoms with Gasteiger partial charge in [0.1, 0.15) is 0 Å². The lowest BCUT2D eigenvalue weighted by Gasteiger charge is -2.17. The molecule has 0 unspecified atom stereocenters. The first-order chi connectivity index (χ1) is 5.17.